The molecule has 21 heavy (non-hydrogen) atoms. The molecule has 0 aliphatic heterocycles. The van der Waals surface area contributed by atoms with Crippen LogP contribution >= 0.6 is 15.9 Å². The number of hydrogen-bond donors (Lipinski definition) is 1. The summed E-state index contributed by atoms with van der Waals surface area (Å²) in [5.74, 6) is 0. The highest BCUT2D eigenvalue weighted by Crippen LogP contribution is 2.26. The van der Waals surface area contributed by atoms with Crippen LogP contribution < -0.4 is 4.72 Å². The summed E-state index contributed by atoms with van der Waals surface area (Å²) in [4.78, 5) is 9.83. The molecular weight excluding hydrogens is 364 g/mol. The number of ether oxygens (including phenoxy) is 1. The van der Waals surface area contributed by atoms with E-state index in [0.717, 1.165) is 6.07 Å². The van der Waals surface area contributed by atoms with Crippen LogP contribution in [0.2, 0.25) is 0 Å². The van der Waals surface area contributed by atoms with Crippen LogP contribution in [0.3, 0.4) is 0 Å². The van der Waals surface area contributed by atoms with Gasteiger partial charge in [0.1, 0.15) is 0 Å². The Hall–Kier alpha value is -1.03. The lowest BCUT2D eigenvalue weighted by atomic mass is 10.3. The van der Waals surface area contributed by atoms with E-state index in [1.165, 1.54) is 12.1 Å². The van der Waals surface area contributed by atoms with Gasteiger partial charge in [-0.05, 0) is 32.4 Å². The van der Waals surface area contributed by atoms with Crippen LogP contribution in [0, 0.1) is 10.1 Å². The molecule has 0 saturated carbocycles. The van der Waals surface area contributed by atoms with Gasteiger partial charge in [0.15, 0.2) is 4.90 Å². The maximum atomic E-state index is 12.1. The molecule has 1 aromatic rings. The van der Waals surface area contributed by atoms with Crippen molar-refractivity contribution in [3.05, 3.63) is 32.8 Å². The first kappa shape index (κ1) is 18.0. The number of halogens is 1. The standard InChI is InChI=1S/C12H17BrN2O5S/c1-9(2)20-7-3-6-14-21(18,19)12-8-10(13)4-5-11(12)15(16)17/h4-5,8-9,14H,3,6-7H2,1-2H3. The maximum Gasteiger partial charge on any atom is 0.289 e. The fourth-order valence-electron chi connectivity index (χ4n) is 1.53. The SMILES string of the molecule is CC(C)OCCCNS(=O)(=O)c1cc(Br)ccc1[N+](=O)[O-]. The minimum Gasteiger partial charge on any atom is -0.379 e. The first-order valence-electron chi connectivity index (χ1n) is 6.29. The molecule has 1 N–H and O–H groups in total. The van der Waals surface area contributed by atoms with Gasteiger partial charge in [-0.1, -0.05) is 15.9 Å². The van der Waals surface area contributed by atoms with E-state index in [1.54, 1.807) is 0 Å². The van der Waals surface area contributed by atoms with Gasteiger partial charge in [-0.25, -0.2) is 13.1 Å². The van der Waals surface area contributed by atoms with Crippen molar-refractivity contribution in [2.24, 2.45) is 0 Å². The van der Waals surface area contributed by atoms with E-state index in [4.69, 9.17) is 4.74 Å². The second kappa shape index (κ2) is 7.83. The maximum absolute atomic E-state index is 12.1. The van der Waals surface area contributed by atoms with Crippen LogP contribution in [0.1, 0.15) is 20.3 Å². The second-order valence-electron chi connectivity index (χ2n) is 4.54. The van der Waals surface area contributed by atoms with Crippen LogP contribution in [0.5, 0.6) is 0 Å². The molecular formula is C12H17BrN2O5S. The van der Waals surface area contributed by atoms with Crippen LogP contribution in [-0.4, -0.2) is 32.6 Å². The average Bonchev–Trinajstić information content (AvgIpc) is 2.37. The molecule has 9 heteroatoms. The number of rotatable bonds is 8. The normalized spacial score (nSPS) is 11.8. The summed E-state index contributed by atoms with van der Waals surface area (Å²) in [7, 11) is -3.94. The Labute approximate surface area is 132 Å². The number of nitro benzene ring substituents is 1. The van der Waals surface area contributed by atoms with Gasteiger partial charge in [0.05, 0.1) is 11.0 Å². The minimum atomic E-state index is -3.94. The van der Waals surface area contributed by atoms with Crippen LogP contribution in [0.15, 0.2) is 27.6 Å². The quantitative estimate of drug-likeness (QED) is 0.424. The van der Waals surface area contributed by atoms with E-state index in [2.05, 4.69) is 20.7 Å². The Morgan fingerprint density at radius 3 is 2.67 bits per heavy atom. The molecule has 1 rings (SSSR count). The van der Waals surface area contributed by atoms with Crippen molar-refractivity contribution in [2.75, 3.05) is 13.2 Å². The first-order valence-corrected chi connectivity index (χ1v) is 8.57. The summed E-state index contributed by atoms with van der Waals surface area (Å²) in [6.07, 6.45) is 0.562. The van der Waals surface area contributed by atoms with E-state index in [1.807, 2.05) is 13.8 Å². The molecule has 0 unspecified atom stereocenters. The summed E-state index contributed by atoms with van der Waals surface area (Å²) in [6, 6.07) is 3.79. The fourth-order valence-corrected chi connectivity index (χ4v) is 3.31. The molecule has 0 aliphatic rings. The number of hydrogen-bond acceptors (Lipinski definition) is 5. The zero-order valence-electron chi connectivity index (χ0n) is 11.7. The van der Waals surface area contributed by atoms with Crippen molar-refractivity contribution in [2.45, 2.75) is 31.3 Å². The Kier molecular flexibility index (Phi) is 6.72. The van der Waals surface area contributed by atoms with Crippen LogP contribution in [0.25, 0.3) is 0 Å². The Balaban J connectivity index is 2.79. The highest BCUT2D eigenvalue weighted by Gasteiger charge is 2.25. The lowest BCUT2D eigenvalue weighted by molar-refractivity contribution is -0.387. The molecule has 0 fully saturated rings. The van der Waals surface area contributed by atoms with Gasteiger partial charge >= 0.3 is 0 Å². The lowest BCUT2D eigenvalue weighted by Crippen LogP contribution is -2.26. The van der Waals surface area contributed by atoms with E-state index in [-0.39, 0.29) is 17.5 Å². The van der Waals surface area contributed by atoms with Crippen LogP contribution in [-0.2, 0) is 14.8 Å². The van der Waals surface area contributed by atoms with Gasteiger partial charge in [0.2, 0.25) is 10.0 Å². The van der Waals surface area contributed by atoms with E-state index >= 15 is 0 Å². The van der Waals surface area contributed by atoms with Gasteiger partial charge in [-0.2, -0.15) is 0 Å². The third kappa shape index (κ3) is 5.70. The number of nitrogens with zero attached hydrogens (tertiary/aromatic N) is 1. The zero-order chi connectivity index (χ0) is 16.0. The zero-order valence-corrected chi connectivity index (χ0v) is 14.1. The molecule has 0 aromatic heterocycles. The number of nitrogens with one attached hydrogen (secondary N) is 1. The van der Waals surface area contributed by atoms with Crippen molar-refractivity contribution >= 4 is 31.6 Å². The van der Waals surface area contributed by atoms with Crippen LogP contribution in [0.4, 0.5) is 5.69 Å². The molecule has 0 saturated heterocycles. The number of benzene rings is 1. The Morgan fingerprint density at radius 2 is 2.10 bits per heavy atom. The van der Waals surface area contributed by atoms with Gasteiger partial charge in [0, 0.05) is 23.7 Å². The third-order valence-electron chi connectivity index (χ3n) is 2.47. The molecule has 0 heterocycles. The Morgan fingerprint density at radius 1 is 1.43 bits per heavy atom. The first-order chi connectivity index (χ1) is 9.74. The number of nitro groups is 1. The highest BCUT2D eigenvalue weighted by atomic mass is 79.9. The Bertz CT molecular complexity index is 604. The monoisotopic (exact) mass is 380 g/mol. The van der Waals surface area contributed by atoms with Gasteiger partial charge in [0.25, 0.3) is 5.69 Å². The van der Waals surface area contributed by atoms with E-state index < -0.39 is 20.6 Å². The molecule has 0 atom stereocenters. The molecule has 1 aromatic carbocycles. The predicted molar refractivity (Wildman–Crippen MR) is 81.7 cm³/mol. The summed E-state index contributed by atoms with van der Waals surface area (Å²) >= 11 is 3.11. The largest absolute Gasteiger partial charge is 0.379 e. The molecule has 0 aliphatic carbocycles. The molecule has 0 radical (unpaired) electrons. The molecule has 0 spiro atoms. The smallest absolute Gasteiger partial charge is 0.289 e. The minimum absolute atomic E-state index is 0.0766. The number of sulfonamides is 1. The molecule has 0 bridgehead atoms. The van der Waals surface area contributed by atoms with E-state index in [9.17, 15) is 18.5 Å². The summed E-state index contributed by atoms with van der Waals surface area (Å²) in [5, 5.41) is 10.9. The van der Waals surface area contributed by atoms with Crippen molar-refractivity contribution in [1.82, 2.24) is 4.72 Å². The van der Waals surface area contributed by atoms with Gasteiger partial charge in [-0.3, -0.25) is 10.1 Å². The molecule has 0 amide bonds. The average molecular weight is 381 g/mol. The topological polar surface area (TPSA) is 98.5 Å². The highest BCUT2D eigenvalue weighted by molar-refractivity contribution is 9.10. The molecule has 118 valence electrons. The van der Waals surface area contributed by atoms with Crippen molar-refractivity contribution in [3.8, 4) is 0 Å². The van der Waals surface area contributed by atoms with Crippen molar-refractivity contribution < 1.29 is 18.1 Å². The molecule has 7 nitrogen and oxygen atoms in total. The summed E-state index contributed by atoms with van der Waals surface area (Å²) in [6.45, 7) is 4.34. The lowest BCUT2D eigenvalue weighted by Gasteiger charge is -2.09. The summed E-state index contributed by atoms with van der Waals surface area (Å²) in [5.41, 5.74) is -0.455. The van der Waals surface area contributed by atoms with Gasteiger partial charge < -0.3 is 4.74 Å². The summed E-state index contributed by atoms with van der Waals surface area (Å²) < 4.78 is 32.3. The van der Waals surface area contributed by atoms with Crippen molar-refractivity contribution in [1.29, 1.82) is 0 Å². The fraction of sp³-hybridized carbons (Fsp3) is 0.500. The van der Waals surface area contributed by atoms with Crippen molar-refractivity contribution in [3.63, 3.8) is 0 Å². The van der Waals surface area contributed by atoms with E-state index in [0.29, 0.717) is 17.5 Å². The van der Waals surface area contributed by atoms with Gasteiger partial charge in [-0.15, -0.1) is 0 Å². The predicted octanol–water partition coefficient (Wildman–Crippen LogP) is 2.45. The second-order valence-corrected chi connectivity index (χ2v) is 7.19. The third-order valence-corrected chi connectivity index (χ3v) is 4.46.